The van der Waals surface area contributed by atoms with Crippen LogP contribution >= 0.6 is 0 Å². The van der Waals surface area contributed by atoms with Crippen LogP contribution in [0.1, 0.15) is 143 Å². The summed E-state index contributed by atoms with van der Waals surface area (Å²) in [7, 11) is 0. The molecule has 0 aliphatic heterocycles. The van der Waals surface area contributed by atoms with Crippen LogP contribution in [-0.4, -0.2) is 12.2 Å². The first kappa shape index (κ1) is 28.9. The molecule has 0 aromatic carbocycles. The highest BCUT2D eigenvalue weighted by molar-refractivity contribution is 4.65. The summed E-state index contributed by atoms with van der Waals surface area (Å²) >= 11 is 0. The maximum Gasteiger partial charge on any atom is 0.0578 e. The Morgan fingerprint density at radius 2 is 0.778 bits per heavy atom. The number of hydrogen-bond donors (Lipinski definition) is 0. The van der Waals surface area contributed by atoms with Crippen molar-refractivity contribution in [2.75, 3.05) is 0 Å². The van der Waals surface area contributed by atoms with Crippen LogP contribution in [0.5, 0.6) is 0 Å². The van der Waals surface area contributed by atoms with Crippen molar-refractivity contribution in [2.45, 2.75) is 155 Å². The summed E-state index contributed by atoms with van der Waals surface area (Å²) in [6, 6.07) is 0. The molecule has 0 aliphatic carbocycles. The van der Waals surface area contributed by atoms with E-state index in [0.29, 0.717) is 12.2 Å². The van der Waals surface area contributed by atoms with Gasteiger partial charge in [0.15, 0.2) is 0 Å². The van der Waals surface area contributed by atoms with Crippen LogP contribution in [0.15, 0.2) is 13.2 Å². The standard InChI is InChI=1S/C24H50O.C2H4/c1-5-9-11-13-15-17-21-23(19-7-3)25-24(20-8-4)22-18-16-14-12-10-6-2;1-2/h23-24H,5-22H2,1-4H3;1-2H2. The molecule has 2 atom stereocenters. The van der Waals surface area contributed by atoms with Crippen LogP contribution in [-0.2, 0) is 4.74 Å². The lowest BCUT2D eigenvalue weighted by atomic mass is 10.0. The zero-order valence-corrected chi connectivity index (χ0v) is 19.7. The molecule has 0 aliphatic rings. The Morgan fingerprint density at radius 1 is 0.444 bits per heavy atom. The molecule has 27 heavy (non-hydrogen) atoms. The van der Waals surface area contributed by atoms with E-state index in [4.69, 9.17) is 4.74 Å². The SMILES string of the molecule is C=C.CCCCCCCCC(CCC)OC(CCC)CCCCCCCC. The monoisotopic (exact) mass is 382 g/mol. The van der Waals surface area contributed by atoms with Gasteiger partial charge in [0, 0.05) is 0 Å². The molecule has 0 bridgehead atoms. The predicted octanol–water partition coefficient (Wildman–Crippen LogP) is 9.64. The molecule has 0 amide bonds. The van der Waals surface area contributed by atoms with E-state index in [9.17, 15) is 0 Å². The van der Waals surface area contributed by atoms with Gasteiger partial charge in [-0.1, -0.05) is 118 Å². The Bertz CT molecular complexity index is 227. The lowest BCUT2D eigenvalue weighted by Gasteiger charge is -2.25. The van der Waals surface area contributed by atoms with Crippen LogP contribution in [0.2, 0.25) is 0 Å². The first-order valence-corrected chi connectivity index (χ1v) is 12.4. The van der Waals surface area contributed by atoms with Crippen molar-refractivity contribution in [3.05, 3.63) is 13.2 Å². The van der Waals surface area contributed by atoms with Gasteiger partial charge in [0.25, 0.3) is 0 Å². The minimum Gasteiger partial charge on any atom is -0.375 e. The van der Waals surface area contributed by atoms with Gasteiger partial charge in [-0.05, 0) is 25.7 Å². The molecule has 0 aromatic heterocycles. The normalized spacial score (nSPS) is 13.0. The van der Waals surface area contributed by atoms with Gasteiger partial charge in [0.05, 0.1) is 12.2 Å². The lowest BCUT2D eigenvalue weighted by molar-refractivity contribution is -0.0308. The van der Waals surface area contributed by atoms with Crippen LogP contribution in [0, 0.1) is 0 Å². The second-order valence-electron chi connectivity index (χ2n) is 8.07. The molecule has 0 fully saturated rings. The minimum atomic E-state index is 0.521. The topological polar surface area (TPSA) is 9.23 Å². The predicted molar refractivity (Wildman–Crippen MR) is 126 cm³/mol. The molecule has 2 unspecified atom stereocenters. The van der Waals surface area contributed by atoms with E-state index >= 15 is 0 Å². The summed E-state index contributed by atoms with van der Waals surface area (Å²) in [5.74, 6) is 0. The molecule has 0 heterocycles. The smallest absolute Gasteiger partial charge is 0.0578 e. The van der Waals surface area contributed by atoms with Crippen molar-refractivity contribution in [1.29, 1.82) is 0 Å². The minimum absolute atomic E-state index is 0.521. The molecule has 0 aromatic rings. The highest BCUT2D eigenvalue weighted by Crippen LogP contribution is 2.21. The highest BCUT2D eigenvalue weighted by Gasteiger charge is 2.15. The molecule has 0 spiro atoms. The number of rotatable bonds is 20. The quantitative estimate of drug-likeness (QED) is 0.150. The zero-order valence-electron chi connectivity index (χ0n) is 19.7. The summed E-state index contributed by atoms with van der Waals surface area (Å²) < 4.78 is 6.59. The molecule has 1 nitrogen and oxygen atoms in total. The van der Waals surface area contributed by atoms with E-state index in [1.165, 1.54) is 116 Å². The first-order chi connectivity index (χ1) is 13.3. The third-order valence-corrected chi connectivity index (χ3v) is 5.37. The number of hydrogen-bond acceptors (Lipinski definition) is 1. The lowest BCUT2D eigenvalue weighted by Crippen LogP contribution is -2.22. The van der Waals surface area contributed by atoms with E-state index in [1.807, 2.05) is 0 Å². The van der Waals surface area contributed by atoms with Crippen molar-refractivity contribution in [2.24, 2.45) is 0 Å². The average molecular weight is 383 g/mol. The van der Waals surface area contributed by atoms with Crippen molar-refractivity contribution in [3.8, 4) is 0 Å². The fourth-order valence-corrected chi connectivity index (χ4v) is 3.78. The molecular weight excluding hydrogens is 328 g/mol. The van der Waals surface area contributed by atoms with Gasteiger partial charge >= 0.3 is 0 Å². The second-order valence-corrected chi connectivity index (χ2v) is 8.07. The van der Waals surface area contributed by atoms with Crippen molar-refractivity contribution in [1.82, 2.24) is 0 Å². The first-order valence-electron chi connectivity index (χ1n) is 12.4. The molecule has 164 valence electrons. The summed E-state index contributed by atoms with van der Waals surface area (Å²) in [6.07, 6.45) is 25.4. The Balaban J connectivity index is 0. The fraction of sp³-hybridized carbons (Fsp3) is 0.923. The van der Waals surface area contributed by atoms with Gasteiger partial charge in [-0.15, -0.1) is 13.2 Å². The van der Waals surface area contributed by atoms with Crippen molar-refractivity contribution < 1.29 is 4.74 Å². The van der Waals surface area contributed by atoms with Crippen LogP contribution in [0.25, 0.3) is 0 Å². The Kier molecular flexibility index (Phi) is 27.5. The van der Waals surface area contributed by atoms with E-state index in [-0.39, 0.29) is 0 Å². The molecule has 1 heteroatoms. The second kappa shape index (κ2) is 25.7. The third kappa shape index (κ3) is 21.9. The average Bonchev–Trinajstić information content (AvgIpc) is 2.69. The summed E-state index contributed by atoms with van der Waals surface area (Å²) in [5.41, 5.74) is 0. The van der Waals surface area contributed by atoms with Gasteiger partial charge in [-0.2, -0.15) is 0 Å². The van der Waals surface area contributed by atoms with Gasteiger partial charge in [0.2, 0.25) is 0 Å². The summed E-state index contributed by atoms with van der Waals surface area (Å²) in [4.78, 5) is 0. The Labute approximate surface area is 173 Å². The molecular formula is C26H54O. The maximum absolute atomic E-state index is 6.59. The molecule has 0 saturated carbocycles. The molecule has 0 radical (unpaired) electrons. The fourth-order valence-electron chi connectivity index (χ4n) is 3.78. The molecule has 0 N–H and O–H groups in total. The summed E-state index contributed by atoms with van der Waals surface area (Å²) in [6.45, 7) is 15.2. The van der Waals surface area contributed by atoms with Gasteiger partial charge < -0.3 is 4.74 Å². The van der Waals surface area contributed by atoms with E-state index in [2.05, 4.69) is 40.9 Å². The van der Waals surface area contributed by atoms with Crippen LogP contribution < -0.4 is 0 Å². The van der Waals surface area contributed by atoms with Gasteiger partial charge in [0.1, 0.15) is 0 Å². The largest absolute Gasteiger partial charge is 0.375 e. The van der Waals surface area contributed by atoms with Crippen LogP contribution in [0.4, 0.5) is 0 Å². The third-order valence-electron chi connectivity index (χ3n) is 5.37. The van der Waals surface area contributed by atoms with Crippen molar-refractivity contribution >= 4 is 0 Å². The number of ether oxygens (including phenoxy) is 1. The summed E-state index contributed by atoms with van der Waals surface area (Å²) in [5, 5.41) is 0. The molecule has 0 saturated heterocycles. The van der Waals surface area contributed by atoms with Gasteiger partial charge in [-0.25, -0.2) is 0 Å². The van der Waals surface area contributed by atoms with E-state index in [0.717, 1.165) is 0 Å². The van der Waals surface area contributed by atoms with Crippen LogP contribution in [0.3, 0.4) is 0 Å². The number of unbranched alkanes of at least 4 members (excludes halogenated alkanes) is 10. The zero-order chi connectivity index (χ0) is 20.6. The Morgan fingerprint density at radius 3 is 1.11 bits per heavy atom. The molecule has 0 rings (SSSR count). The Hall–Kier alpha value is -0.300. The maximum atomic E-state index is 6.59. The van der Waals surface area contributed by atoms with Crippen molar-refractivity contribution in [3.63, 3.8) is 0 Å². The highest BCUT2D eigenvalue weighted by atomic mass is 16.5. The van der Waals surface area contributed by atoms with E-state index < -0.39 is 0 Å². The van der Waals surface area contributed by atoms with Gasteiger partial charge in [-0.3, -0.25) is 0 Å². The van der Waals surface area contributed by atoms with E-state index in [1.54, 1.807) is 0 Å².